The number of aromatic nitrogens is 4. The van der Waals surface area contributed by atoms with Gasteiger partial charge in [0.15, 0.2) is 17.3 Å². The maximum absolute atomic E-state index is 11.8. The van der Waals surface area contributed by atoms with Crippen molar-refractivity contribution in [2.45, 2.75) is 33.1 Å². The Morgan fingerprint density at radius 3 is 2.57 bits per heavy atom. The lowest BCUT2D eigenvalue weighted by Gasteiger charge is -2.26. The molecule has 0 aromatic carbocycles. The summed E-state index contributed by atoms with van der Waals surface area (Å²) in [6.45, 7) is 4.94. The zero-order valence-corrected chi connectivity index (χ0v) is 13.5. The second-order valence-electron chi connectivity index (χ2n) is 5.51. The van der Waals surface area contributed by atoms with E-state index in [1.165, 1.54) is 20.5 Å². The van der Waals surface area contributed by atoms with Crippen LogP contribution in [-0.2, 0) is 0 Å². The highest BCUT2D eigenvalue weighted by Gasteiger charge is 2.24. The number of ketones is 1. The molecule has 3 heterocycles. The van der Waals surface area contributed by atoms with Gasteiger partial charge in [-0.2, -0.15) is 15.0 Å². The van der Waals surface area contributed by atoms with Crippen molar-refractivity contribution in [3.63, 3.8) is 0 Å². The Hall–Kier alpha value is -2.51. The van der Waals surface area contributed by atoms with Crippen LogP contribution in [-0.4, -0.2) is 46.1 Å². The summed E-state index contributed by atoms with van der Waals surface area (Å²) in [4.78, 5) is 27.0. The van der Waals surface area contributed by atoms with E-state index in [0.29, 0.717) is 28.8 Å². The maximum atomic E-state index is 11.8. The van der Waals surface area contributed by atoms with Crippen molar-refractivity contribution < 1.29 is 14.1 Å². The molecule has 8 nitrogen and oxygen atoms in total. The summed E-state index contributed by atoms with van der Waals surface area (Å²) in [6.07, 6.45) is 3.42. The van der Waals surface area contributed by atoms with E-state index in [4.69, 9.17) is 9.26 Å². The van der Waals surface area contributed by atoms with Gasteiger partial charge in [0.25, 0.3) is 0 Å². The fraction of sp³-hybridized carbons (Fsp3) is 0.533. The van der Waals surface area contributed by atoms with Gasteiger partial charge in [-0.1, -0.05) is 5.16 Å². The zero-order chi connectivity index (χ0) is 16.4. The van der Waals surface area contributed by atoms with Crippen LogP contribution in [0, 0.1) is 6.92 Å². The van der Waals surface area contributed by atoms with Crippen molar-refractivity contribution >= 4 is 11.7 Å². The lowest BCUT2D eigenvalue weighted by atomic mass is 10.1. The van der Waals surface area contributed by atoms with E-state index in [2.05, 4.69) is 25.0 Å². The molecule has 122 valence electrons. The molecule has 0 bridgehead atoms. The number of nitrogens with zero attached hydrogens (tertiary/aromatic N) is 5. The van der Waals surface area contributed by atoms with Gasteiger partial charge in [-0.3, -0.25) is 4.79 Å². The van der Waals surface area contributed by atoms with E-state index in [1.54, 1.807) is 6.92 Å². The normalized spacial score (nSPS) is 14.8. The molecule has 0 saturated carbocycles. The Kier molecular flexibility index (Phi) is 4.22. The van der Waals surface area contributed by atoms with Gasteiger partial charge in [0, 0.05) is 13.1 Å². The van der Waals surface area contributed by atoms with Crippen molar-refractivity contribution in [1.29, 1.82) is 0 Å². The zero-order valence-electron chi connectivity index (χ0n) is 13.5. The molecule has 1 fully saturated rings. The third-order valence-electron chi connectivity index (χ3n) is 3.85. The first-order chi connectivity index (χ1) is 11.1. The number of Topliss-reactive ketones (excluding diaryl/α,β-unsaturated/α-hetero) is 1. The number of hydrogen-bond donors (Lipinski definition) is 0. The number of carbonyl (C=O) groups excluding carboxylic acids is 1. The quantitative estimate of drug-likeness (QED) is 0.791. The summed E-state index contributed by atoms with van der Waals surface area (Å²) in [5.74, 6) is 1.14. The predicted molar refractivity (Wildman–Crippen MR) is 82.7 cm³/mol. The number of carbonyl (C=O) groups is 1. The molecular weight excluding hydrogens is 298 g/mol. The second-order valence-corrected chi connectivity index (χ2v) is 5.51. The minimum atomic E-state index is -0.141. The van der Waals surface area contributed by atoms with Crippen LogP contribution in [0.5, 0.6) is 6.01 Å². The molecule has 23 heavy (non-hydrogen) atoms. The predicted octanol–water partition coefficient (Wildman–Crippen LogP) is 2.04. The summed E-state index contributed by atoms with van der Waals surface area (Å²) in [5, 5.41) is 3.95. The summed E-state index contributed by atoms with van der Waals surface area (Å²) >= 11 is 0. The lowest BCUT2D eigenvalue weighted by molar-refractivity contribution is 0.101. The van der Waals surface area contributed by atoms with E-state index >= 15 is 0 Å². The Labute approximate surface area is 133 Å². The molecule has 3 rings (SSSR count). The van der Waals surface area contributed by atoms with Gasteiger partial charge < -0.3 is 14.2 Å². The van der Waals surface area contributed by atoms with E-state index in [0.717, 1.165) is 25.9 Å². The topological polar surface area (TPSA) is 94.2 Å². The van der Waals surface area contributed by atoms with E-state index < -0.39 is 0 Å². The van der Waals surface area contributed by atoms with Crippen LogP contribution >= 0.6 is 0 Å². The first-order valence-electron chi connectivity index (χ1n) is 7.62. The third kappa shape index (κ3) is 3.01. The van der Waals surface area contributed by atoms with Gasteiger partial charge in [0.1, 0.15) is 5.76 Å². The van der Waals surface area contributed by atoms with Gasteiger partial charge in [-0.25, -0.2) is 0 Å². The van der Waals surface area contributed by atoms with Gasteiger partial charge in [-0.15, -0.1) is 0 Å². The van der Waals surface area contributed by atoms with Crippen LogP contribution < -0.4 is 9.64 Å². The number of hydrogen-bond acceptors (Lipinski definition) is 8. The summed E-state index contributed by atoms with van der Waals surface area (Å²) < 4.78 is 10.3. The van der Waals surface area contributed by atoms with Crippen molar-refractivity contribution in [2.24, 2.45) is 0 Å². The van der Waals surface area contributed by atoms with E-state index in [-0.39, 0.29) is 11.8 Å². The largest absolute Gasteiger partial charge is 0.467 e. The van der Waals surface area contributed by atoms with Crippen molar-refractivity contribution in [3.05, 3.63) is 11.3 Å². The first kappa shape index (κ1) is 15.4. The SMILES string of the molecule is COc1nc(-c2noc(C)c2C(C)=O)nc(N2CCCCC2)n1. The number of rotatable bonds is 4. The molecule has 0 radical (unpaired) electrons. The Morgan fingerprint density at radius 1 is 1.17 bits per heavy atom. The van der Waals surface area contributed by atoms with Gasteiger partial charge in [0.2, 0.25) is 5.95 Å². The van der Waals surface area contributed by atoms with Gasteiger partial charge in [0.05, 0.1) is 12.7 Å². The second kappa shape index (κ2) is 6.31. The molecule has 1 saturated heterocycles. The third-order valence-corrected chi connectivity index (χ3v) is 3.85. The molecule has 1 aliphatic heterocycles. The minimum Gasteiger partial charge on any atom is -0.467 e. The number of anilines is 1. The average Bonchev–Trinajstić information content (AvgIpc) is 2.97. The molecule has 2 aromatic rings. The highest BCUT2D eigenvalue weighted by Crippen LogP contribution is 2.26. The molecule has 1 aliphatic rings. The molecule has 0 atom stereocenters. The molecular formula is C15H19N5O3. The monoisotopic (exact) mass is 317 g/mol. The molecule has 0 N–H and O–H groups in total. The lowest BCUT2D eigenvalue weighted by Crippen LogP contribution is -2.31. The van der Waals surface area contributed by atoms with Crippen molar-refractivity contribution in [2.75, 3.05) is 25.1 Å². The fourth-order valence-corrected chi connectivity index (χ4v) is 2.72. The summed E-state index contributed by atoms with van der Waals surface area (Å²) in [5.41, 5.74) is 0.719. The first-order valence-corrected chi connectivity index (χ1v) is 7.62. The molecule has 0 unspecified atom stereocenters. The van der Waals surface area contributed by atoms with Crippen molar-refractivity contribution in [1.82, 2.24) is 20.1 Å². The van der Waals surface area contributed by atoms with Crippen LogP contribution in [0.15, 0.2) is 4.52 Å². The van der Waals surface area contributed by atoms with Crippen LogP contribution in [0.2, 0.25) is 0 Å². The number of aryl methyl sites for hydroxylation is 1. The number of ether oxygens (including phenoxy) is 1. The smallest absolute Gasteiger partial charge is 0.321 e. The van der Waals surface area contributed by atoms with Crippen LogP contribution in [0.25, 0.3) is 11.5 Å². The Bertz CT molecular complexity index is 722. The fourth-order valence-electron chi connectivity index (χ4n) is 2.72. The van der Waals surface area contributed by atoms with Crippen LogP contribution in [0.1, 0.15) is 42.3 Å². The molecule has 0 spiro atoms. The number of piperidine rings is 1. The molecule has 2 aromatic heterocycles. The molecule has 8 heteroatoms. The highest BCUT2D eigenvalue weighted by atomic mass is 16.5. The average molecular weight is 317 g/mol. The maximum Gasteiger partial charge on any atom is 0.321 e. The van der Waals surface area contributed by atoms with E-state index in [1.807, 2.05) is 0 Å². The van der Waals surface area contributed by atoms with Crippen molar-refractivity contribution in [3.8, 4) is 17.5 Å². The van der Waals surface area contributed by atoms with Crippen LogP contribution in [0.3, 0.4) is 0 Å². The molecule has 0 aliphatic carbocycles. The van der Waals surface area contributed by atoms with Gasteiger partial charge in [-0.05, 0) is 33.1 Å². The summed E-state index contributed by atoms with van der Waals surface area (Å²) in [7, 11) is 1.50. The van der Waals surface area contributed by atoms with Gasteiger partial charge >= 0.3 is 6.01 Å². The van der Waals surface area contributed by atoms with E-state index in [9.17, 15) is 4.79 Å². The highest BCUT2D eigenvalue weighted by molar-refractivity contribution is 6.00. The number of methoxy groups -OCH3 is 1. The van der Waals surface area contributed by atoms with Crippen LogP contribution in [0.4, 0.5) is 5.95 Å². The standard InChI is InChI=1S/C15H19N5O3/c1-9(21)11-10(2)23-19-12(11)13-16-14(18-15(17-13)22-3)20-7-5-4-6-8-20/h4-8H2,1-3H3. The Balaban J connectivity index is 2.07. The minimum absolute atomic E-state index is 0.141. The summed E-state index contributed by atoms with van der Waals surface area (Å²) in [6, 6.07) is 0.200. The molecule has 0 amide bonds. The Morgan fingerprint density at radius 2 is 1.91 bits per heavy atom.